The quantitative estimate of drug-likeness (QED) is 0.775. The van der Waals surface area contributed by atoms with Gasteiger partial charge in [-0.3, -0.25) is 0 Å². The molecule has 8 heteroatoms. The monoisotopic (exact) mass is 385 g/mol. The van der Waals surface area contributed by atoms with Crippen LogP contribution >= 0.6 is 27.5 Å². The van der Waals surface area contributed by atoms with Crippen LogP contribution in [0.3, 0.4) is 0 Å². The van der Waals surface area contributed by atoms with Gasteiger partial charge in [0.2, 0.25) is 11.9 Å². The Hall–Kier alpha value is -1.60. The van der Waals surface area contributed by atoms with Gasteiger partial charge in [0.15, 0.2) is 6.10 Å². The number of hydrogen-bond acceptors (Lipinski definition) is 6. The van der Waals surface area contributed by atoms with Crippen molar-refractivity contribution >= 4 is 33.2 Å². The van der Waals surface area contributed by atoms with Crippen molar-refractivity contribution < 1.29 is 14.1 Å². The summed E-state index contributed by atoms with van der Waals surface area (Å²) in [6, 6.07) is 5.39. The molecule has 0 saturated carbocycles. The summed E-state index contributed by atoms with van der Waals surface area (Å²) in [6.45, 7) is 3.71. The van der Waals surface area contributed by atoms with E-state index < -0.39 is 6.10 Å². The number of ether oxygens (including phenoxy) is 1. The average Bonchev–Trinajstić information content (AvgIpc) is 3.10. The van der Waals surface area contributed by atoms with Gasteiger partial charge in [-0.05, 0) is 32.0 Å². The Morgan fingerprint density at radius 2 is 2.27 bits per heavy atom. The van der Waals surface area contributed by atoms with Crippen LogP contribution in [-0.2, 0) is 4.84 Å². The zero-order valence-electron chi connectivity index (χ0n) is 11.9. The summed E-state index contributed by atoms with van der Waals surface area (Å²) in [5.41, 5.74) is 0.899. The van der Waals surface area contributed by atoms with Crippen LogP contribution < -0.4 is 4.74 Å². The van der Waals surface area contributed by atoms with Crippen LogP contribution in [0, 0.1) is 0 Å². The van der Waals surface area contributed by atoms with E-state index >= 15 is 0 Å². The molecule has 2 unspecified atom stereocenters. The second-order valence-corrected chi connectivity index (χ2v) is 6.27. The third kappa shape index (κ3) is 3.25. The van der Waals surface area contributed by atoms with E-state index in [4.69, 9.17) is 25.7 Å². The van der Waals surface area contributed by atoms with Crippen molar-refractivity contribution in [2.45, 2.75) is 32.5 Å². The molecule has 0 spiro atoms. The van der Waals surface area contributed by atoms with Gasteiger partial charge in [-0.15, -0.1) is 0 Å². The lowest BCUT2D eigenvalue weighted by molar-refractivity contribution is 0.0599. The molecule has 1 aromatic heterocycles. The van der Waals surface area contributed by atoms with Crippen LogP contribution in [0.2, 0.25) is 5.02 Å². The molecule has 3 rings (SSSR count). The topological polar surface area (TPSA) is 69.7 Å². The summed E-state index contributed by atoms with van der Waals surface area (Å²) in [7, 11) is 0. The second-order valence-electron chi connectivity index (χ2n) is 4.95. The fourth-order valence-corrected chi connectivity index (χ4v) is 2.70. The Balaban J connectivity index is 1.70. The Kier molecular flexibility index (Phi) is 4.35. The van der Waals surface area contributed by atoms with Crippen molar-refractivity contribution in [2.75, 3.05) is 0 Å². The van der Waals surface area contributed by atoms with Gasteiger partial charge in [0.1, 0.15) is 5.75 Å². The first kappa shape index (κ1) is 15.3. The van der Waals surface area contributed by atoms with Gasteiger partial charge < -0.3 is 14.1 Å². The summed E-state index contributed by atoms with van der Waals surface area (Å²) in [4.78, 5) is 9.54. The van der Waals surface area contributed by atoms with Crippen LogP contribution in [0.15, 0.2) is 32.4 Å². The van der Waals surface area contributed by atoms with Crippen LogP contribution in [0.5, 0.6) is 5.75 Å². The van der Waals surface area contributed by atoms with Gasteiger partial charge >= 0.3 is 0 Å². The lowest BCUT2D eigenvalue weighted by Crippen LogP contribution is -2.06. The van der Waals surface area contributed by atoms with E-state index in [1.54, 1.807) is 12.1 Å². The van der Waals surface area contributed by atoms with Crippen LogP contribution in [0.25, 0.3) is 0 Å². The normalized spacial score (nSPS) is 18.7. The van der Waals surface area contributed by atoms with Crippen molar-refractivity contribution in [3.8, 4) is 5.75 Å². The summed E-state index contributed by atoms with van der Waals surface area (Å²) < 4.78 is 11.9. The molecule has 0 radical (unpaired) electrons. The summed E-state index contributed by atoms with van der Waals surface area (Å²) in [6.07, 6.45) is -0.0700. The Morgan fingerprint density at radius 3 is 2.95 bits per heavy atom. The van der Waals surface area contributed by atoms with Crippen LogP contribution in [0.4, 0.5) is 0 Å². The molecule has 0 amide bonds. The molecule has 0 saturated heterocycles. The van der Waals surface area contributed by atoms with Gasteiger partial charge in [0.25, 0.3) is 5.89 Å². The fraction of sp³-hybridized carbons (Fsp3) is 0.357. The number of nitrogens with zero attached hydrogens (tertiary/aromatic N) is 3. The maximum Gasteiger partial charge on any atom is 0.271 e. The van der Waals surface area contributed by atoms with E-state index in [0.29, 0.717) is 28.9 Å². The summed E-state index contributed by atoms with van der Waals surface area (Å²) >= 11 is 9.48. The molecule has 0 N–H and O–H groups in total. The van der Waals surface area contributed by atoms with Crippen molar-refractivity contribution in [2.24, 2.45) is 5.16 Å². The minimum Gasteiger partial charge on any atom is -0.481 e. The van der Waals surface area contributed by atoms with Gasteiger partial charge in [0.05, 0.1) is 10.7 Å². The van der Waals surface area contributed by atoms with Crippen molar-refractivity contribution in [3.63, 3.8) is 0 Å². The molecule has 116 valence electrons. The zero-order valence-corrected chi connectivity index (χ0v) is 14.3. The first-order valence-corrected chi connectivity index (χ1v) is 7.84. The highest BCUT2D eigenvalue weighted by Gasteiger charge is 2.27. The molecule has 1 aliphatic rings. The molecule has 0 bridgehead atoms. The number of oxime groups is 1. The minimum atomic E-state index is -0.403. The van der Waals surface area contributed by atoms with Crippen molar-refractivity contribution in [1.82, 2.24) is 10.1 Å². The molecule has 0 fully saturated rings. The summed E-state index contributed by atoms with van der Waals surface area (Å²) in [5.74, 6) is 1.38. The average molecular weight is 387 g/mol. The minimum absolute atomic E-state index is 0.315. The molecule has 2 aromatic rings. The van der Waals surface area contributed by atoms with Crippen LogP contribution in [-0.4, -0.2) is 15.9 Å². The number of hydrogen-bond donors (Lipinski definition) is 0. The first-order chi connectivity index (χ1) is 10.5. The molecule has 1 aromatic carbocycles. The van der Waals surface area contributed by atoms with Gasteiger partial charge in [-0.25, -0.2) is 0 Å². The third-order valence-corrected chi connectivity index (χ3v) is 3.90. The SMILES string of the molecule is CC1=NOC(c2nc(C(C)Oc3ccc(Br)cc3Cl)no2)C1. The zero-order chi connectivity index (χ0) is 15.7. The highest BCUT2D eigenvalue weighted by Crippen LogP contribution is 2.32. The number of aromatic nitrogens is 2. The molecule has 22 heavy (non-hydrogen) atoms. The molecule has 0 aliphatic carbocycles. The smallest absolute Gasteiger partial charge is 0.271 e. The Bertz CT molecular complexity index is 719. The number of halogens is 2. The largest absolute Gasteiger partial charge is 0.481 e. The molecular weight excluding hydrogens is 374 g/mol. The lowest BCUT2D eigenvalue weighted by atomic mass is 10.2. The van der Waals surface area contributed by atoms with E-state index in [0.717, 1.165) is 10.2 Å². The molecule has 2 atom stereocenters. The van der Waals surface area contributed by atoms with E-state index in [-0.39, 0.29) is 6.10 Å². The Labute approximate surface area is 140 Å². The molecular formula is C14H13BrClN3O3. The highest BCUT2D eigenvalue weighted by atomic mass is 79.9. The van der Waals surface area contributed by atoms with Crippen LogP contribution in [0.1, 0.15) is 44.2 Å². The maximum atomic E-state index is 6.13. The number of rotatable bonds is 4. The van der Waals surface area contributed by atoms with Gasteiger partial charge in [-0.1, -0.05) is 37.8 Å². The van der Waals surface area contributed by atoms with Crippen molar-refractivity contribution in [3.05, 3.63) is 39.4 Å². The molecule has 2 heterocycles. The third-order valence-electron chi connectivity index (χ3n) is 3.11. The van der Waals surface area contributed by atoms with E-state index in [2.05, 4.69) is 31.2 Å². The van der Waals surface area contributed by atoms with E-state index in [1.807, 2.05) is 19.9 Å². The summed E-state index contributed by atoms with van der Waals surface area (Å²) in [5, 5.41) is 8.31. The standard InChI is InChI=1S/C14H13BrClN3O3/c1-7-5-12(21-18-7)14-17-13(19-22-14)8(2)20-11-4-3-9(15)6-10(11)16/h3-4,6,8,12H,5H2,1-2H3. The van der Waals surface area contributed by atoms with E-state index in [1.165, 1.54) is 0 Å². The molecule has 1 aliphatic heterocycles. The lowest BCUT2D eigenvalue weighted by Gasteiger charge is -2.12. The second kappa shape index (κ2) is 6.26. The fourth-order valence-electron chi connectivity index (χ4n) is 1.99. The predicted molar refractivity (Wildman–Crippen MR) is 84.0 cm³/mol. The Morgan fingerprint density at radius 1 is 1.45 bits per heavy atom. The number of benzene rings is 1. The highest BCUT2D eigenvalue weighted by molar-refractivity contribution is 9.10. The van der Waals surface area contributed by atoms with Crippen molar-refractivity contribution in [1.29, 1.82) is 0 Å². The predicted octanol–water partition coefficient (Wildman–Crippen LogP) is 4.46. The first-order valence-electron chi connectivity index (χ1n) is 6.67. The van der Waals surface area contributed by atoms with E-state index in [9.17, 15) is 0 Å². The molecule has 6 nitrogen and oxygen atoms in total. The maximum absolute atomic E-state index is 6.13. The van der Waals surface area contributed by atoms with Gasteiger partial charge in [-0.2, -0.15) is 4.98 Å². The van der Waals surface area contributed by atoms with Gasteiger partial charge in [0, 0.05) is 10.9 Å².